The lowest BCUT2D eigenvalue weighted by Crippen LogP contribution is -2.03. The number of Topliss-reactive ketones (excluding diaryl/α,β-unsaturated/α-hetero) is 1. The zero-order chi connectivity index (χ0) is 14.8. The number of thiophene rings is 1. The van der Waals surface area contributed by atoms with Crippen LogP contribution >= 0.6 is 39.0 Å². The Morgan fingerprint density at radius 2 is 2.24 bits per heavy atom. The molecule has 1 aliphatic heterocycles. The van der Waals surface area contributed by atoms with Crippen LogP contribution in [-0.2, 0) is 18.6 Å². The Labute approximate surface area is 141 Å². The standard InChI is InChI=1S/C16H15BrO2S2/c1-19-14-3-2-12(17)6-10(14)7-13(18)16-8-11-9-20-5-4-15(11)21-16/h2-3,6,8H,4-5,7,9H2,1H3. The SMILES string of the molecule is COc1ccc(Br)cc1CC(=O)c1cc2c(s1)CCSC2. The van der Waals surface area contributed by atoms with Crippen molar-refractivity contribution in [3.8, 4) is 5.75 Å². The van der Waals surface area contributed by atoms with E-state index in [0.717, 1.165) is 32.8 Å². The molecule has 0 atom stereocenters. The van der Waals surface area contributed by atoms with Crippen LogP contribution in [0.3, 0.4) is 0 Å². The summed E-state index contributed by atoms with van der Waals surface area (Å²) in [6.45, 7) is 0. The molecule has 0 saturated heterocycles. The summed E-state index contributed by atoms with van der Waals surface area (Å²) in [7, 11) is 1.64. The average molecular weight is 383 g/mol. The van der Waals surface area contributed by atoms with Gasteiger partial charge in [-0.2, -0.15) is 11.8 Å². The van der Waals surface area contributed by atoms with Gasteiger partial charge in [-0.05, 0) is 42.0 Å². The van der Waals surface area contributed by atoms with E-state index in [1.165, 1.54) is 16.2 Å². The molecule has 2 heterocycles. The first kappa shape index (κ1) is 15.1. The summed E-state index contributed by atoms with van der Waals surface area (Å²) >= 11 is 7.06. The molecule has 5 heteroatoms. The molecule has 21 heavy (non-hydrogen) atoms. The topological polar surface area (TPSA) is 26.3 Å². The van der Waals surface area contributed by atoms with E-state index >= 15 is 0 Å². The molecule has 0 spiro atoms. The van der Waals surface area contributed by atoms with E-state index in [9.17, 15) is 4.79 Å². The number of halogens is 1. The number of fused-ring (bicyclic) bond motifs is 1. The number of rotatable bonds is 4. The molecule has 1 aromatic heterocycles. The van der Waals surface area contributed by atoms with E-state index in [2.05, 4.69) is 22.0 Å². The first-order valence-electron chi connectivity index (χ1n) is 6.72. The third-order valence-corrected chi connectivity index (χ3v) is 6.28. The number of hydrogen-bond acceptors (Lipinski definition) is 4. The third kappa shape index (κ3) is 3.35. The molecule has 0 N–H and O–H groups in total. The third-order valence-electron chi connectivity index (χ3n) is 3.50. The van der Waals surface area contributed by atoms with Gasteiger partial charge in [0, 0.05) is 27.1 Å². The fraction of sp³-hybridized carbons (Fsp3) is 0.312. The highest BCUT2D eigenvalue weighted by atomic mass is 79.9. The van der Waals surface area contributed by atoms with Crippen LogP contribution in [0.4, 0.5) is 0 Å². The van der Waals surface area contributed by atoms with Crippen molar-refractivity contribution in [2.24, 2.45) is 0 Å². The Balaban J connectivity index is 1.83. The average Bonchev–Trinajstić information content (AvgIpc) is 2.91. The molecule has 0 radical (unpaired) electrons. The smallest absolute Gasteiger partial charge is 0.177 e. The second-order valence-corrected chi connectivity index (χ2v) is 8.08. The Bertz CT molecular complexity index is 655. The second kappa shape index (κ2) is 6.55. The van der Waals surface area contributed by atoms with Gasteiger partial charge in [-0.3, -0.25) is 4.79 Å². The zero-order valence-corrected chi connectivity index (χ0v) is 14.9. The normalized spacial score (nSPS) is 13.8. The Hall–Kier alpha value is -0.780. The highest BCUT2D eigenvalue weighted by Crippen LogP contribution is 2.33. The van der Waals surface area contributed by atoms with Crippen molar-refractivity contribution in [3.05, 3.63) is 49.6 Å². The first-order chi connectivity index (χ1) is 10.2. The minimum absolute atomic E-state index is 0.177. The van der Waals surface area contributed by atoms with E-state index in [1.54, 1.807) is 18.4 Å². The number of methoxy groups -OCH3 is 1. The number of hydrogen-bond donors (Lipinski definition) is 0. The van der Waals surface area contributed by atoms with Gasteiger partial charge in [-0.1, -0.05) is 15.9 Å². The molecule has 110 valence electrons. The number of carbonyl (C=O) groups is 1. The summed E-state index contributed by atoms with van der Waals surface area (Å²) < 4.78 is 6.31. The van der Waals surface area contributed by atoms with Gasteiger partial charge in [0.2, 0.25) is 0 Å². The fourth-order valence-electron chi connectivity index (χ4n) is 2.43. The molecular weight excluding hydrogens is 368 g/mol. The summed E-state index contributed by atoms with van der Waals surface area (Å²) in [6, 6.07) is 7.86. The Morgan fingerprint density at radius 3 is 3.00 bits per heavy atom. The van der Waals surface area contributed by atoms with Crippen molar-refractivity contribution in [2.75, 3.05) is 12.9 Å². The van der Waals surface area contributed by atoms with Crippen molar-refractivity contribution in [1.82, 2.24) is 0 Å². The molecule has 1 aliphatic rings. The second-order valence-electron chi connectivity index (χ2n) is 4.92. The molecule has 2 aromatic rings. The van der Waals surface area contributed by atoms with Gasteiger partial charge in [-0.25, -0.2) is 0 Å². The van der Waals surface area contributed by atoms with Crippen molar-refractivity contribution >= 4 is 44.8 Å². The monoisotopic (exact) mass is 382 g/mol. The zero-order valence-electron chi connectivity index (χ0n) is 11.6. The molecule has 0 bridgehead atoms. The number of benzene rings is 1. The number of ketones is 1. The van der Waals surface area contributed by atoms with Crippen LogP contribution in [0.15, 0.2) is 28.7 Å². The van der Waals surface area contributed by atoms with Crippen molar-refractivity contribution in [3.63, 3.8) is 0 Å². The highest BCUT2D eigenvalue weighted by molar-refractivity contribution is 9.10. The Kier molecular flexibility index (Phi) is 4.72. The van der Waals surface area contributed by atoms with Crippen molar-refractivity contribution in [1.29, 1.82) is 0 Å². The van der Waals surface area contributed by atoms with E-state index in [1.807, 2.05) is 30.0 Å². The van der Waals surface area contributed by atoms with Gasteiger partial charge in [0.25, 0.3) is 0 Å². The fourth-order valence-corrected chi connectivity index (χ4v) is 5.15. The van der Waals surface area contributed by atoms with Gasteiger partial charge in [0.05, 0.1) is 12.0 Å². The molecule has 0 aliphatic carbocycles. The van der Waals surface area contributed by atoms with Crippen LogP contribution in [0, 0.1) is 0 Å². The quantitative estimate of drug-likeness (QED) is 0.714. The van der Waals surface area contributed by atoms with Crippen LogP contribution in [0.1, 0.15) is 25.7 Å². The van der Waals surface area contributed by atoms with Crippen molar-refractivity contribution < 1.29 is 9.53 Å². The van der Waals surface area contributed by atoms with Crippen LogP contribution in [0.25, 0.3) is 0 Å². The number of ether oxygens (including phenoxy) is 1. The number of carbonyl (C=O) groups excluding carboxylic acids is 1. The molecular formula is C16H15BrO2S2. The summed E-state index contributed by atoms with van der Waals surface area (Å²) in [5.74, 6) is 3.15. The summed E-state index contributed by atoms with van der Waals surface area (Å²) in [6.07, 6.45) is 1.48. The number of aryl methyl sites for hydroxylation is 1. The lowest BCUT2D eigenvalue weighted by molar-refractivity contribution is 0.0996. The minimum Gasteiger partial charge on any atom is -0.496 e. The van der Waals surface area contributed by atoms with Crippen LogP contribution in [-0.4, -0.2) is 18.6 Å². The molecule has 0 unspecified atom stereocenters. The largest absolute Gasteiger partial charge is 0.496 e. The predicted octanol–water partition coefficient (Wildman–Crippen LogP) is 4.73. The highest BCUT2D eigenvalue weighted by Gasteiger charge is 2.18. The minimum atomic E-state index is 0.177. The van der Waals surface area contributed by atoms with E-state index < -0.39 is 0 Å². The first-order valence-corrected chi connectivity index (χ1v) is 9.48. The molecule has 0 saturated carbocycles. The van der Waals surface area contributed by atoms with E-state index in [-0.39, 0.29) is 5.78 Å². The maximum Gasteiger partial charge on any atom is 0.177 e. The number of thioether (sulfide) groups is 1. The lowest BCUT2D eigenvalue weighted by atomic mass is 10.1. The van der Waals surface area contributed by atoms with Crippen molar-refractivity contribution in [2.45, 2.75) is 18.6 Å². The lowest BCUT2D eigenvalue weighted by Gasteiger charge is -2.08. The van der Waals surface area contributed by atoms with Crippen LogP contribution < -0.4 is 4.74 Å². The van der Waals surface area contributed by atoms with Gasteiger partial charge < -0.3 is 4.74 Å². The molecule has 2 nitrogen and oxygen atoms in total. The van der Waals surface area contributed by atoms with Gasteiger partial charge >= 0.3 is 0 Å². The summed E-state index contributed by atoms with van der Waals surface area (Å²) in [4.78, 5) is 14.8. The van der Waals surface area contributed by atoms with Crippen LogP contribution in [0.5, 0.6) is 5.75 Å². The van der Waals surface area contributed by atoms with E-state index in [0.29, 0.717) is 6.42 Å². The maximum atomic E-state index is 12.5. The molecule has 3 rings (SSSR count). The molecule has 0 amide bonds. The molecule has 1 aromatic carbocycles. The Morgan fingerprint density at radius 1 is 1.38 bits per heavy atom. The summed E-state index contributed by atoms with van der Waals surface area (Å²) in [5.41, 5.74) is 2.28. The van der Waals surface area contributed by atoms with E-state index in [4.69, 9.17) is 4.74 Å². The molecule has 0 fully saturated rings. The van der Waals surface area contributed by atoms with Gasteiger partial charge in [0.15, 0.2) is 5.78 Å². The maximum absolute atomic E-state index is 12.5. The predicted molar refractivity (Wildman–Crippen MR) is 92.9 cm³/mol. The summed E-state index contributed by atoms with van der Waals surface area (Å²) in [5, 5.41) is 0. The van der Waals surface area contributed by atoms with Crippen LogP contribution in [0.2, 0.25) is 0 Å². The van der Waals surface area contributed by atoms with Gasteiger partial charge in [-0.15, -0.1) is 11.3 Å². The van der Waals surface area contributed by atoms with Gasteiger partial charge in [0.1, 0.15) is 5.75 Å².